The summed E-state index contributed by atoms with van der Waals surface area (Å²) in [7, 11) is 0. The highest BCUT2D eigenvalue weighted by molar-refractivity contribution is 5.75. The van der Waals surface area contributed by atoms with Crippen molar-refractivity contribution in [1.82, 2.24) is 0 Å². The minimum atomic E-state index is -5.04. The Labute approximate surface area is 168 Å². The van der Waals surface area contributed by atoms with Crippen LogP contribution in [0.25, 0.3) is 0 Å². The fourth-order valence-corrected chi connectivity index (χ4v) is 3.74. The predicted molar refractivity (Wildman–Crippen MR) is 97.8 cm³/mol. The molecule has 0 saturated carbocycles. The molecule has 1 aromatic carbocycles. The molecule has 3 rings (SSSR count). The third kappa shape index (κ3) is 5.93. The van der Waals surface area contributed by atoms with Gasteiger partial charge in [-0.15, -0.1) is 0 Å². The lowest BCUT2D eigenvalue weighted by Gasteiger charge is -2.46. The van der Waals surface area contributed by atoms with Crippen molar-refractivity contribution in [2.45, 2.75) is 57.3 Å². The van der Waals surface area contributed by atoms with Gasteiger partial charge in [0.25, 0.3) is 0 Å². The van der Waals surface area contributed by atoms with E-state index in [0.29, 0.717) is 25.6 Å². The van der Waals surface area contributed by atoms with Crippen molar-refractivity contribution in [3.8, 4) is 0 Å². The second-order valence-electron chi connectivity index (χ2n) is 7.75. The highest BCUT2D eigenvalue weighted by atomic mass is 19.4. The van der Waals surface area contributed by atoms with Crippen LogP contribution in [-0.4, -0.2) is 43.9 Å². The first-order valence-corrected chi connectivity index (χ1v) is 9.99. The van der Waals surface area contributed by atoms with Gasteiger partial charge in [0.05, 0.1) is 26.4 Å². The Kier molecular flexibility index (Phi) is 7.19. The third-order valence-electron chi connectivity index (χ3n) is 5.62. The minimum absolute atomic E-state index is 0.0740. The fraction of sp³-hybridized carbons (Fsp3) is 0.667. The summed E-state index contributed by atoms with van der Waals surface area (Å²) in [6.07, 6.45) is -3.54. The van der Waals surface area contributed by atoms with Gasteiger partial charge in [-0.05, 0) is 17.9 Å². The lowest BCUT2D eigenvalue weighted by molar-refractivity contribution is -0.311. The minimum Gasteiger partial charge on any atom is -0.455 e. The van der Waals surface area contributed by atoms with E-state index in [9.17, 15) is 18.0 Å². The summed E-state index contributed by atoms with van der Waals surface area (Å²) < 4.78 is 60.7. The normalized spacial score (nSPS) is 30.3. The highest BCUT2D eigenvalue weighted by Gasteiger charge is 2.50. The van der Waals surface area contributed by atoms with Gasteiger partial charge in [-0.3, -0.25) is 0 Å². The van der Waals surface area contributed by atoms with Gasteiger partial charge in [0, 0.05) is 18.8 Å². The molecule has 0 bridgehead atoms. The first-order valence-electron chi connectivity index (χ1n) is 9.99. The van der Waals surface area contributed by atoms with Crippen LogP contribution in [0.15, 0.2) is 30.3 Å². The zero-order valence-electron chi connectivity index (χ0n) is 16.5. The first kappa shape index (κ1) is 22.1. The molecule has 2 heterocycles. The number of hydrogen-bond donors (Lipinski definition) is 0. The lowest BCUT2D eigenvalue weighted by atomic mass is 9.86. The SMILES string of the molecule is CC[C@H]1CC[C@@]2(C[C@H](OC(=O)C(F)(F)F)[C@@H](COCc3ccccc3)CO2)OC1. The zero-order valence-corrected chi connectivity index (χ0v) is 16.5. The van der Waals surface area contributed by atoms with Crippen LogP contribution < -0.4 is 0 Å². The summed E-state index contributed by atoms with van der Waals surface area (Å²) in [5.74, 6) is -3.26. The third-order valence-corrected chi connectivity index (χ3v) is 5.62. The second-order valence-corrected chi connectivity index (χ2v) is 7.75. The molecule has 0 aromatic heterocycles. The highest BCUT2D eigenvalue weighted by Crippen LogP contribution is 2.40. The summed E-state index contributed by atoms with van der Waals surface area (Å²) in [4.78, 5) is 11.5. The summed E-state index contributed by atoms with van der Waals surface area (Å²) in [6.45, 7) is 3.12. The molecule has 29 heavy (non-hydrogen) atoms. The molecule has 0 radical (unpaired) electrons. The Morgan fingerprint density at radius 1 is 1.21 bits per heavy atom. The van der Waals surface area contributed by atoms with E-state index >= 15 is 0 Å². The molecule has 0 amide bonds. The van der Waals surface area contributed by atoms with Crippen molar-refractivity contribution in [2.24, 2.45) is 11.8 Å². The number of benzene rings is 1. The van der Waals surface area contributed by atoms with E-state index < -0.39 is 30.0 Å². The van der Waals surface area contributed by atoms with Gasteiger partial charge in [-0.2, -0.15) is 13.2 Å². The number of hydrogen-bond acceptors (Lipinski definition) is 5. The number of ether oxygens (including phenoxy) is 4. The first-order chi connectivity index (χ1) is 13.8. The second kappa shape index (κ2) is 9.45. The Balaban J connectivity index is 1.62. The van der Waals surface area contributed by atoms with Gasteiger partial charge in [-0.1, -0.05) is 43.7 Å². The van der Waals surface area contributed by atoms with E-state index in [4.69, 9.17) is 18.9 Å². The Hall–Kier alpha value is -1.64. The van der Waals surface area contributed by atoms with Crippen LogP contribution in [0.3, 0.4) is 0 Å². The summed E-state index contributed by atoms with van der Waals surface area (Å²) in [5.41, 5.74) is 0.950. The van der Waals surface area contributed by atoms with Gasteiger partial charge < -0.3 is 18.9 Å². The van der Waals surface area contributed by atoms with Crippen molar-refractivity contribution < 1.29 is 36.9 Å². The molecule has 8 heteroatoms. The van der Waals surface area contributed by atoms with E-state index in [0.717, 1.165) is 18.4 Å². The average molecular weight is 416 g/mol. The number of carbonyl (C=O) groups is 1. The standard InChI is InChI=1S/C21H27F3O5/c1-2-15-8-9-20(27-12-15)10-18(29-19(25)21(22,23)24)17(14-28-20)13-26-11-16-6-4-3-5-7-16/h3-7,15,17-18H,2,8-14H2,1H3/t15-,17-,18-,20+/m0/s1. The number of halogens is 3. The van der Waals surface area contributed by atoms with Gasteiger partial charge >= 0.3 is 12.1 Å². The van der Waals surface area contributed by atoms with Crippen molar-refractivity contribution >= 4 is 5.97 Å². The maximum atomic E-state index is 12.8. The molecule has 2 saturated heterocycles. The van der Waals surface area contributed by atoms with Gasteiger partial charge in [0.2, 0.25) is 0 Å². The number of rotatable bonds is 6. The largest absolute Gasteiger partial charge is 0.490 e. The summed E-state index contributed by atoms with van der Waals surface area (Å²) >= 11 is 0. The summed E-state index contributed by atoms with van der Waals surface area (Å²) in [6, 6.07) is 9.44. The van der Waals surface area contributed by atoms with Crippen LogP contribution >= 0.6 is 0 Å². The van der Waals surface area contributed by atoms with Crippen LogP contribution in [0, 0.1) is 11.8 Å². The Bertz CT molecular complexity index is 656. The Morgan fingerprint density at radius 3 is 2.55 bits per heavy atom. The number of carbonyl (C=O) groups excluding carboxylic acids is 1. The maximum Gasteiger partial charge on any atom is 0.490 e. The monoisotopic (exact) mass is 416 g/mol. The quantitative estimate of drug-likeness (QED) is 0.649. The molecular formula is C21H27F3O5. The maximum absolute atomic E-state index is 12.8. The molecule has 5 nitrogen and oxygen atoms in total. The molecule has 1 spiro atoms. The zero-order chi connectivity index (χ0) is 20.9. The molecule has 0 unspecified atom stereocenters. The molecule has 0 N–H and O–H groups in total. The van der Waals surface area contributed by atoms with Crippen LogP contribution in [0.2, 0.25) is 0 Å². The van der Waals surface area contributed by atoms with E-state index in [1.807, 2.05) is 30.3 Å². The van der Waals surface area contributed by atoms with E-state index in [1.54, 1.807) is 0 Å². The molecule has 1 aromatic rings. The van der Waals surface area contributed by atoms with Crippen LogP contribution in [0.4, 0.5) is 13.2 Å². The summed E-state index contributed by atoms with van der Waals surface area (Å²) in [5, 5.41) is 0. The number of alkyl halides is 3. The fourth-order valence-electron chi connectivity index (χ4n) is 3.74. The van der Waals surface area contributed by atoms with Gasteiger partial charge in [-0.25, -0.2) is 4.79 Å². The predicted octanol–water partition coefficient (Wildman–Crippen LogP) is 4.25. The lowest BCUT2D eigenvalue weighted by Crippen LogP contribution is -2.53. The topological polar surface area (TPSA) is 54.0 Å². The molecule has 0 aliphatic carbocycles. The van der Waals surface area contributed by atoms with Crippen molar-refractivity contribution in [3.63, 3.8) is 0 Å². The van der Waals surface area contributed by atoms with E-state index in [-0.39, 0.29) is 19.6 Å². The van der Waals surface area contributed by atoms with E-state index in [1.165, 1.54) is 0 Å². The molecule has 2 aliphatic rings. The van der Waals surface area contributed by atoms with Crippen molar-refractivity contribution in [2.75, 3.05) is 19.8 Å². The molecule has 2 fully saturated rings. The van der Waals surface area contributed by atoms with Crippen LogP contribution in [-0.2, 0) is 30.3 Å². The number of esters is 1. The van der Waals surface area contributed by atoms with Gasteiger partial charge in [0.15, 0.2) is 5.79 Å². The van der Waals surface area contributed by atoms with Crippen molar-refractivity contribution in [3.05, 3.63) is 35.9 Å². The Morgan fingerprint density at radius 2 is 1.93 bits per heavy atom. The van der Waals surface area contributed by atoms with E-state index in [2.05, 4.69) is 6.92 Å². The van der Waals surface area contributed by atoms with Gasteiger partial charge in [0.1, 0.15) is 6.10 Å². The molecule has 2 aliphatic heterocycles. The molecule has 4 atom stereocenters. The van der Waals surface area contributed by atoms with Crippen molar-refractivity contribution in [1.29, 1.82) is 0 Å². The average Bonchev–Trinajstić information content (AvgIpc) is 2.70. The molecular weight excluding hydrogens is 389 g/mol. The molecule has 162 valence electrons. The van der Waals surface area contributed by atoms with Crippen LogP contribution in [0.1, 0.15) is 38.2 Å². The van der Waals surface area contributed by atoms with Crippen LogP contribution in [0.5, 0.6) is 0 Å². The smallest absolute Gasteiger partial charge is 0.455 e.